The molecular formula is C11H13FN2O. The Hall–Kier alpha value is -1.39. The van der Waals surface area contributed by atoms with Crippen LogP contribution in [0.5, 0.6) is 0 Å². The van der Waals surface area contributed by atoms with Gasteiger partial charge >= 0.3 is 0 Å². The van der Waals surface area contributed by atoms with Crippen molar-refractivity contribution in [3.05, 3.63) is 35.3 Å². The lowest BCUT2D eigenvalue weighted by atomic mass is 10.1. The molecule has 2 aromatic rings. The van der Waals surface area contributed by atoms with Gasteiger partial charge in [-0.15, -0.1) is 0 Å². The van der Waals surface area contributed by atoms with Crippen molar-refractivity contribution in [1.82, 2.24) is 4.98 Å². The van der Waals surface area contributed by atoms with E-state index in [1.165, 1.54) is 12.1 Å². The molecule has 1 heterocycles. The molecule has 0 aliphatic heterocycles. The van der Waals surface area contributed by atoms with Crippen LogP contribution in [0.15, 0.2) is 18.2 Å². The molecule has 0 amide bonds. The predicted molar refractivity (Wildman–Crippen MR) is 57.0 cm³/mol. The highest BCUT2D eigenvalue weighted by atomic mass is 19.1. The van der Waals surface area contributed by atoms with Gasteiger partial charge in [-0.1, -0.05) is 0 Å². The van der Waals surface area contributed by atoms with E-state index in [0.717, 1.165) is 16.6 Å². The Morgan fingerprint density at radius 3 is 2.93 bits per heavy atom. The first-order valence-corrected chi connectivity index (χ1v) is 4.79. The summed E-state index contributed by atoms with van der Waals surface area (Å²) in [5.41, 5.74) is 7.69. The number of benzene rings is 1. The van der Waals surface area contributed by atoms with Gasteiger partial charge in [-0.2, -0.15) is 0 Å². The lowest BCUT2D eigenvalue weighted by Crippen LogP contribution is -2.12. The van der Waals surface area contributed by atoms with E-state index >= 15 is 0 Å². The molecule has 0 spiro atoms. The molecule has 3 nitrogen and oxygen atoms in total. The number of aromatic amines is 1. The van der Waals surface area contributed by atoms with Crippen LogP contribution in [-0.4, -0.2) is 16.6 Å². The Morgan fingerprint density at radius 1 is 1.53 bits per heavy atom. The summed E-state index contributed by atoms with van der Waals surface area (Å²) in [6.45, 7) is 2.00. The summed E-state index contributed by atoms with van der Waals surface area (Å²) in [5.74, 6) is -0.294. The predicted octanol–water partition coefficient (Wildman–Crippen LogP) is 1.61. The van der Waals surface area contributed by atoms with E-state index in [9.17, 15) is 9.50 Å². The highest BCUT2D eigenvalue weighted by Gasteiger charge is 2.15. The third-order valence-electron chi connectivity index (χ3n) is 2.55. The van der Waals surface area contributed by atoms with Crippen LogP contribution in [-0.2, 0) is 0 Å². The monoisotopic (exact) mass is 208 g/mol. The molecule has 2 rings (SSSR count). The summed E-state index contributed by atoms with van der Waals surface area (Å²) in [7, 11) is 0. The van der Waals surface area contributed by atoms with Gasteiger partial charge in [0.2, 0.25) is 0 Å². The van der Waals surface area contributed by atoms with E-state index in [2.05, 4.69) is 4.98 Å². The third-order valence-corrected chi connectivity index (χ3v) is 2.55. The molecular weight excluding hydrogens is 195 g/mol. The topological polar surface area (TPSA) is 62.0 Å². The Kier molecular flexibility index (Phi) is 2.46. The first kappa shape index (κ1) is 10.1. The Balaban J connectivity index is 2.68. The number of nitrogens with one attached hydrogen (secondary N) is 1. The lowest BCUT2D eigenvalue weighted by molar-refractivity contribution is 0.187. The second-order valence-corrected chi connectivity index (χ2v) is 3.61. The van der Waals surface area contributed by atoms with Gasteiger partial charge in [0.15, 0.2) is 0 Å². The fourth-order valence-electron chi connectivity index (χ4n) is 1.87. The molecule has 0 radical (unpaired) electrons. The van der Waals surface area contributed by atoms with Crippen molar-refractivity contribution in [1.29, 1.82) is 0 Å². The number of aliphatic hydroxyl groups is 1. The van der Waals surface area contributed by atoms with Crippen molar-refractivity contribution >= 4 is 10.9 Å². The highest BCUT2D eigenvalue weighted by Crippen LogP contribution is 2.27. The van der Waals surface area contributed by atoms with Crippen molar-refractivity contribution in [3.8, 4) is 0 Å². The number of aromatic nitrogens is 1. The van der Waals surface area contributed by atoms with Gasteiger partial charge < -0.3 is 15.8 Å². The molecule has 15 heavy (non-hydrogen) atoms. The maximum atomic E-state index is 13.0. The van der Waals surface area contributed by atoms with Crippen molar-refractivity contribution in [2.75, 3.05) is 6.54 Å². The lowest BCUT2D eigenvalue weighted by Gasteiger charge is -2.07. The van der Waals surface area contributed by atoms with Gasteiger partial charge in [0, 0.05) is 28.7 Å². The van der Waals surface area contributed by atoms with E-state index in [1.807, 2.05) is 6.92 Å². The van der Waals surface area contributed by atoms with Gasteiger partial charge in [-0.05, 0) is 25.1 Å². The van der Waals surface area contributed by atoms with Crippen LogP contribution in [0.4, 0.5) is 4.39 Å². The van der Waals surface area contributed by atoms with Crippen LogP contribution in [0.25, 0.3) is 10.9 Å². The summed E-state index contributed by atoms with van der Waals surface area (Å²) in [6, 6.07) is 4.44. The second-order valence-electron chi connectivity index (χ2n) is 3.61. The van der Waals surface area contributed by atoms with Crippen LogP contribution in [0.3, 0.4) is 0 Å². The maximum absolute atomic E-state index is 13.0. The number of nitrogens with two attached hydrogens (primary N) is 1. The van der Waals surface area contributed by atoms with Gasteiger partial charge in [0.25, 0.3) is 0 Å². The zero-order valence-corrected chi connectivity index (χ0v) is 8.42. The number of hydrogen-bond donors (Lipinski definition) is 3. The van der Waals surface area contributed by atoms with Crippen molar-refractivity contribution in [2.45, 2.75) is 13.0 Å². The molecule has 1 unspecified atom stereocenters. The average molecular weight is 208 g/mol. The zero-order valence-electron chi connectivity index (χ0n) is 8.42. The molecule has 0 aliphatic rings. The fraction of sp³-hybridized carbons (Fsp3) is 0.273. The van der Waals surface area contributed by atoms with Crippen LogP contribution in [0, 0.1) is 12.7 Å². The molecule has 0 fully saturated rings. The van der Waals surface area contributed by atoms with Gasteiger partial charge in [-0.3, -0.25) is 0 Å². The van der Waals surface area contributed by atoms with Crippen LogP contribution in [0.1, 0.15) is 17.4 Å². The number of hydrogen-bond acceptors (Lipinski definition) is 2. The zero-order chi connectivity index (χ0) is 11.0. The van der Waals surface area contributed by atoms with E-state index in [1.54, 1.807) is 6.07 Å². The molecule has 80 valence electrons. The molecule has 0 saturated heterocycles. The fourth-order valence-corrected chi connectivity index (χ4v) is 1.87. The smallest absolute Gasteiger partial charge is 0.125 e. The van der Waals surface area contributed by atoms with Gasteiger partial charge in [0.1, 0.15) is 5.82 Å². The molecule has 1 aromatic heterocycles. The summed E-state index contributed by atoms with van der Waals surface area (Å²) < 4.78 is 13.0. The van der Waals surface area contributed by atoms with Crippen molar-refractivity contribution in [2.24, 2.45) is 5.73 Å². The minimum Gasteiger partial charge on any atom is -0.387 e. The SMILES string of the molecule is Cc1[nH]c2cc(F)ccc2c1C(O)CN. The second kappa shape index (κ2) is 3.64. The van der Waals surface area contributed by atoms with Crippen LogP contribution >= 0.6 is 0 Å². The molecule has 0 saturated carbocycles. The standard InChI is InChI=1S/C11H13FN2O/c1-6-11(10(15)5-13)8-3-2-7(12)4-9(8)14-6/h2-4,10,14-15H,5,13H2,1H3. The number of rotatable bonds is 2. The number of H-pyrrole nitrogens is 1. The van der Waals surface area contributed by atoms with E-state index in [-0.39, 0.29) is 12.4 Å². The van der Waals surface area contributed by atoms with Crippen molar-refractivity contribution < 1.29 is 9.50 Å². The van der Waals surface area contributed by atoms with E-state index in [4.69, 9.17) is 5.73 Å². The molecule has 4 N–H and O–H groups in total. The minimum absolute atomic E-state index is 0.158. The molecule has 0 bridgehead atoms. The Bertz CT molecular complexity index is 493. The molecule has 0 aliphatic carbocycles. The molecule has 1 atom stereocenters. The normalized spacial score (nSPS) is 13.3. The summed E-state index contributed by atoms with van der Waals surface area (Å²) in [4.78, 5) is 3.03. The van der Waals surface area contributed by atoms with Gasteiger partial charge in [0.05, 0.1) is 6.10 Å². The first-order valence-electron chi connectivity index (χ1n) is 4.79. The number of aryl methyl sites for hydroxylation is 1. The Morgan fingerprint density at radius 2 is 2.27 bits per heavy atom. The largest absolute Gasteiger partial charge is 0.387 e. The number of fused-ring (bicyclic) bond motifs is 1. The summed E-state index contributed by atoms with van der Waals surface area (Å²) in [6.07, 6.45) is -0.704. The van der Waals surface area contributed by atoms with Crippen LogP contribution in [0.2, 0.25) is 0 Å². The molecule has 4 heteroatoms. The maximum Gasteiger partial charge on any atom is 0.125 e. The first-order chi connectivity index (χ1) is 7.13. The van der Waals surface area contributed by atoms with Crippen LogP contribution < -0.4 is 5.73 Å². The number of halogens is 1. The van der Waals surface area contributed by atoms with Gasteiger partial charge in [-0.25, -0.2) is 4.39 Å². The average Bonchev–Trinajstić information content (AvgIpc) is 2.52. The molecule has 1 aromatic carbocycles. The summed E-state index contributed by atoms with van der Waals surface area (Å²) in [5, 5.41) is 10.6. The summed E-state index contributed by atoms with van der Waals surface area (Å²) >= 11 is 0. The third kappa shape index (κ3) is 1.62. The number of aliphatic hydroxyl groups excluding tert-OH is 1. The van der Waals surface area contributed by atoms with E-state index < -0.39 is 6.10 Å². The van der Waals surface area contributed by atoms with Crippen molar-refractivity contribution in [3.63, 3.8) is 0 Å². The van der Waals surface area contributed by atoms with E-state index in [0.29, 0.717) is 5.52 Å². The minimum atomic E-state index is -0.704. The Labute approximate surface area is 86.7 Å². The highest BCUT2D eigenvalue weighted by molar-refractivity contribution is 5.85. The quantitative estimate of drug-likeness (QED) is 0.702.